The van der Waals surface area contributed by atoms with Crippen molar-refractivity contribution >= 4 is 16.9 Å². The topological polar surface area (TPSA) is 131 Å². The van der Waals surface area contributed by atoms with Crippen LogP contribution in [0.3, 0.4) is 0 Å². The summed E-state index contributed by atoms with van der Waals surface area (Å²) < 4.78 is 5.21. The van der Waals surface area contributed by atoms with Crippen LogP contribution in [0.5, 0.6) is 0 Å². The van der Waals surface area contributed by atoms with Crippen LogP contribution in [0.15, 0.2) is 66.9 Å². The summed E-state index contributed by atoms with van der Waals surface area (Å²) in [7, 11) is 0. The predicted octanol–water partition coefficient (Wildman–Crippen LogP) is 1.74. The van der Waals surface area contributed by atoms with E-state index in [2.05, 4.69) is 15.2 Å². The number of carbonyl (C=O) groups excluding carboxylic acids is 1. The van der Waals surface area contributed by atoms with E-state index in [4.69, 9.17) is 4.74 Å². The molecule has 2 heterocycles. The smallest absolute Gasteiger partial charge is 0.338 e. The molecule has 3 atom stereocenters. The Morgan fingerprint density at radius 3 is 2.56 bits per heavy atom. The summed E-state index contributed by atoms with van der Waals surface area (Å²) in [5, 5.41) is 39.9. The SMILES string of the molecule is Cc1cc(C(=O)OC[C@H](O)[C@H](O)[C@H](O)c2cnn(-c3ccccc3)n2)c2ccccc2n1. The van der Waals surface area contributed by atoms with E-state index in [1.54, 1.807) is 43.3 Å². The molecule has 0 saturated heterocycles. The molecule has 9 heteroatoms. The van der Waals surface area contributed by atoms with E-state index in [0.717, 1.165) is 0 Å². The maximum Gasteiger partial charge on any atom is 0.338 e. The number of hydrogen-bond donors (Lipinski definition) is 3. The lowest BCUT2D eigenvalue weighted by atomic mass is 10.1. The van der Waals surface area contributed by atoms with Crippen molar-refractivity contribution < 1.29 is 24.9 Å². The molecule has 0 spiro atoms. The van der Waals surface area contributed by atoms with Crippen molar-refractivity contribution in [2.75, 3.05) is 6.61 Å². The van der Waals surface area contributed by atoms with Gasteiger partial charge in [0.2, 0.25) is 0 Å². The van der Waals surface area contributed by atoms with Crippen LogP contribution in [0.25, 0.3) is 16.6 Å². The molecular formula is C23H22N4O5. The monoisotopic (exact) mass is 434 g/mol. The van der Waals surface area contributed by atoms with Crippen LogP contribution >= 0.6 is 0 Å². The Balaban J connectivity index is 1.41. The molecule has 3 N–H and O–H groups in total. The van der Waals surface area contributed by atoms with E-state index in [0.29, 0.717) is 27.8 Å². The quantitative estimate of drug-likeness (QED) is 0.375. The number of para-hydroxylation sites is 2. The molecule has 0 unspecified atom stereocenters. The van der Waals surface area contributed by atoms with Crippen molar-refractivity contribution in [3.63, 3.8) is 0 Å². The maximum absolute atomic E-state index is 12.6. The summed E-state index contributed by atoms with van der Waals surface area (Å²) in [6, 6.07) is 17.8. The average Bonchev–Trinajstić information content (AvgIpc) is 3.31. The number of fused-ring (bicyclic) bond motifs is 1. The minimum absolute atomic E-state index is 0.0717. The molecule has 0 amide bonds. The van der Waals surface area contributed by atoms with E-state index in [-0.39, 0.29) is 5.69 Å². The number of esters is 1. The highest BCUT2D eigenvalue weighted by atomic mass is 16.5. The first-order valence-corrected chi connectivity index (χ1v) is 9.99. The van der Waals surface area contributed by atoms with Crippen LogP contribution in [-0.4, -0.2) is 60.1 Å². The molecule has 0 aliphatic rings. The maximum atomic E-state index is 12.6. The Morgan fingerprint density at radius 2 is 1.78 bits per heavy atom. The molecule has 0 saturated carbocycles. The van der Waals surface area contributed by atoms with Gasteiger partial charge in [0.1, 0.15) is 30.6 Å². The zero-order valence-electron chi connectivity index (χ0n) is 17.2. The van der Waals surface area contributed by atoms with Crippen molar-refractivity contribution in [3.05, 3.63) is 83.8 Å². The van der Waals surface area contributed by atoms with Crippen LogP contribution in [0.4, 0.5) is 0 Å². The molecule has 2 aromatic heterocycles. The Bertz CT molecular complexity index is 1230. The van der Waals surface area contributed by atoms with Gasteiger partial charge in [0.15, 0.2) is 0 Å². The molecule has 4 rings (SSSR count). The highest BCUT2D eigenvalue weighted by Crippen LogP contribution is 2.21. The Morgan fingerprint density at radius 1 is 1.06 bits per heavy atom. The number of aryl methyl sites for hydroxylation is 1. The van der Waals surface area contributed by atoms with E-state index in [9.17, 15) is 20.1 Å². The van der Waals surface area contributed by atoms with Crippen LogP contribution in [0, 0.1) is 6.92 Å². The van der Waals surface area contributed by atoms with Gasteiger partial charge in [0, 0.05) is 11.1 Å². The van der Waals surface area contributed by atoms with Crippen molar-refractivity contribution in [2.24, 2.45) is 0 Å². The summed E-state index contributed by atoms with van der Waals surface area (Å²) >= 11 is 0. The van der Waals surface area contributed by atoms with E-state index in [1.165, 1.54) is 11.0 Å². The lowest BCUT2D eigenvalue weighted by Crippen LogP contribution is -2.36. The van der Waals surface area contributed by atoms with Crippen LogP contribution in [-0.2, 0) is 4.74 Å². The lowest BCUT2D eigenvalue weighted by Gasteiger charge is -2.21. The number of rotatable bonds is 7. The summed E-state index contributed by atoms with van der Waals surface area (Å²) in [6.07, 6.45) is -3.40. The van der Waals surface area contributed by atoms with Crippen molar-refractivity contribution in [2.45, 2.75) is 25.2 Å². The number of pyridine rings is 1. The second kappa shape index (κ2) is 9.23. The molecule has 0 fully saturated rings. The molecule has 164 valence electrons. The fourth-order valence-corrected chi connectivity index (χ4v) is 3.30. The average molecular weight is 434 g/mol. The first-order chi connectivity index (χ1) is 15.4. The first kappa shape index (κ1) is 21.6. The van der Waals surface area contributed by atoms with Gasteiger partial charge in [0.25, 0.3) is 0 Å². The van der Waals surface area contributed by atoms with Crippen molar-refractivity contribution in [3.8, 4) is 5.69 Å². The summed E-state index contributed by atoms with van der Waals surface area (Å²) in [4.78, 5) is 18.3. The highest BCUT2D eigenvalue weighted by molar-refractivity contribution is 6.03. The normalized spacial score (nSPS) is 14.1. The van der Waals surface area contributed by atoms with Gasteiger partial charge in [-0.1, -0.05) is 36.4 Å². The van der Waals surface area contributed by atoms with Gasteiger partial charge >= 0.3 is 5.97 Å². The Hall–Kier alpha value is -3.66. The molecule has 0 bridgehead atoms. The number of carbonyl (C=O) groups is 1. The molecule has 9 nitrogen and oxygen atoms in total. The summed E-state index contributed by atoms with van der Waals surface area (Å²) in [5.74, 6) is -0.664. The van der Waals surface area contributed by atoms with Crippen LogP contribution in [0.1, 0.15) is 27.8 Å². The number of aliphatic hydroxyl groups excluding tert-OH is 3. The molecule has 0 aliphatic carbocycles. The van der Waals surface area contributed by atoms with Gasteiger partial charge in [-0.15, -0.1) is 0 Å². The highest BCUT2D eigenvalue weighted by Gasteiger charge is 2.29. The zero-order valence-corrected chi connectivity index (χ0v) is 17.2. The standard InChI is InChI=1S/C23H22N4O5/c1-14-11-17(16-9-5-6-10-18(16)25-14)23(31)32-13-20(28)22(30)21(29)19-12-24-27(26-19)15-7-3-2-4-8-15/h2-12,20-22,28-30H,13H2,1H3/t20-,21+,22-/m0/s1. The van der Waals surface area contributed by atoms with Gasteiger partial charge in [-0.3, -0.25) is 4.98 Å². The molecule has 4 aromatic rings. The second-order valence-electron chi connectivity index (χ2n) is 7.32. The van der Waals surface area contributed by atoms with Crippen molar-refractivity contribution in [1.29, 1.82) is 0 Å². The minimum Gasteiger partial charge on any atom is -0.459 e. The third kappa shape index (κ3) is 4.50. The predicted molar refractivity (Wildman–Crippen MR) is 115 cm³/mol. The van der Waals surface area contributed by atoms with Gasteiger partial charge in [0.05, 0.1) is 23.0 Å². The lowest BCUT2D eigenvalue weighted by molar-refractivity contribution is -0.0824. The number of aliphatic hydroxyl groups is 3. The van der Waals surface area contributed by atoms with E-state index < -0.39 is 30.9 Å². The molecular weight excluding hydrogens is 412 g/mol. The number of ether oxygens (including phenoxy) is 1. The largest absolute Gasteiger partial charge is 0.459 e. The fraction of sp³-hybridized carbons (Fsp3) is 0.217. The van der Waals surface area contributed by atoms with E-state index in [1.807, 2.05) is 24.3 Å². The van der Waals surface area contributed by atoms with Crippen molar-refractivity contribution in [1.82, 2.24) is 20.0 Å². The van der Waals surface area contributed by atoms with E-state index >= 15 is 0 Å². The number of aromatic nitrogens is 4. The fourth-order valence-electron chi connectivity index (χ4n) is 3.30. The van der Waals surface area contributed by atoms with Gasteiger partial charge in [-0.05, 0) is 31.2 Å². The Labute approximate surface area is 183 Å². The number of hydrogen-bond acceptors (Lipinski definition) is 8. The van der Waals surface area contributed by atoms with Crippen LogP contribution < -0.4 is 0 Å². The number of benzene rings is 2. The zero-order chi connectivity index (χ0) is 22.7. The summed E-state index contributed by atoms with van der Waals surface area (Å²) in [6.45, 7) is 1.25. The molecule has 32 heavy (non-hydrogen) atoms. The molecule has 0 aliphatic heterocycles. The van der Waals surface area contributed by atoms with Gasteiger partial charge in [-0.25, -0.2) is 4.79 Å². The molecule has 2 aromatic carbocycles. The third-order valence-electron chi connectivity index (χ3n) is 4.97. The minimum atomic E-state index is -1.64. The van der Waals surface area contributed by atoms with Gasteiger partial charge < -0.3 is 20.1 Å². The molecule has 0 radical (unpaired) electrons. The Kier molecular flexibility index (Phi) is 6.22. The third-order valence-corrected chi connectivity index (χ3v) is 4.97. The number of nitrogens with zero attached hydrogens (tertiary/aromatic N) is 4. The van der Waals surface area contributed by atoms with Crippen LogP contribution in [0.2, 0.25) is 0 Å². The van der Waals surface area contributed by atoms with Gasteiger partial charge in [-0.2, -0.15) is 15.0 Å². The first-order valence-electron chi connectivity index (χ1n) is 9.99. The summed E-state index contributed by atoms with van der Waals surface area (Å²) in [5.41, 5.74) is 2.35. The second-order valence-corrected chi connectivity index (χ2v) is 7.32.